The van der Waals surface area contributed by atoms with Crippen LogP contribution in [0.2, 0.25) is 0 Å². The minimum atomic E-state index is -1.04. The number of nitrogen functional groups attached to an aromatic ring is 1. The zero-order valence-corrected chi connectivity index (χ0v) is 6.95. The fourth-order valence-corrected chi connectivity index (χ4v) is 1.09. The molecule has 4 nitrogen and oxygen atoms in total. The molecule has 0 aromatic heterocycles. The zero-order chi connectivity index (χ0) is 9.84. The molecule has 1 aromatic carbocycles. The van der Waals surface area contributed by atoms with Crippen LogP contribution in [0.5, 0.6) is 0 Å². The summed E-state index contributed by atoms with van der Waals surface area (Å²) >= 11 is 0. The smallest absolute Gasteiger partial charge is 0.337 e. The Morgan fingerprint density at radius 2 is 2.31 bits per heavy atom. The summed E-state index contributed by atoms with van der Waals surface area (Å²) in [6.07, 6.45) is 1.56. The van der Waals surface area contributed by atoms with Crippen molar-refractivity contribution in [3.05, 3.63) is 29.3 Å². The molecule has 4 N–H and O–H groups in total. The van der Waals surface area contributed by atoms with Crippen LogP contribution < -0.4 is 5.73 Å². The predicted octanol–water partition coefficient (Wildman–Crippen LogP) is 1.16. The Hall–Kier alpha value is -1.84. The fourth-order valence-electron chi connectivity index (χ4n) is 1.09. The first kappa shape index (κ1) is 9.25. The molecule has 0 spiro atoms. The number of carbonyl (C=O) groups is 1. The normalized spacial score (nSPS) is 9.54. The highest BCUT2D eigenvalue weighted by molar-refractivity contribution is 5.94. The van der Waals surface area contributed by atoms with Gasteiger partial charge in [0.25, 0.3) is 0 Å². The van der Waals surface area contributed by atoms with Gasteiger partial charge in [-0.05, 0) is 17.8 Å². The van der Waals surface area contributed by atoms with Gasteiger partial charge in [-0.2, -0.15) is 0 Å². The van der Waals surface area contributed by atoms with E-state index in [9.17, 15) is 4.79 Å². The average Bonchev–Trinajstić information content (AvgIpc) is 2.08. The number of nitrogens with one attached hydrogen (secondary N) is 1. The first-order valence-corrected chi connectivity index (χ1v) is 3.76. The van der Waals surface area contributed by atoms with E-state index in [1.807, 2.05) is 0 Å². The molecule has 0 atom stereocenters. The quantitative estimate of drug-likeness (QED) is 0.479. The first-order chi connectivity index (χ1) is 6.16. The second-order valence-corrected chi connectivity index (χ2v) is 2.59. The van der Waals surface area contributed by atoms with Crippen molar-refractivity contribution < 1.29 is 9.90 Å². The number of benzene rings is 1. The molecule has 0 saturated heterocycles. The Kier molecular flexibility index (Phi) is 2.64. The summed E-state index contributed by atoms with van der Waals surface area (Å²) in [6, 6.07) is 4.79. The van der Waals surface area contributed by atoms with E-state index < -0.39 is 5.97 Å². The van der Waals surface area contributed by atoms with Crippen molar-refractivity contribution in [3.8, 4) is 0 Å². The molecule has 13 heavy (non-hydrogen) atoms. The predicted molar refractivity (Wildman–Crippen MR) is 50.3 cm³/mol. The van der Waals surface area contributed by atoms with E-state index in [-0.39, 0.29) is 11.3 Å². The molecule has 1 aromatic rings. The highest BCUT2D eigenvalue weighted by atomic mass is 16.4. The van der Waals surface area contributed by atoms with Gasteiger partial charge >= 0.3 is 5.97 Å². The zero-order valence-electron chi connectivity index (χ0n) is 6.95. The van der Waals surface area contributed by atoms with Crippen LogP contribution in [0.4, 0.5) is 5.69 Å². The Bertz CT molecular complexity index is 347. The molecule has 0 bridgehead atoms. The van der Waals surface area contributed by atoms with Gasteiger partial charge < -0.3 is 16.2 Å². The molecule has 1 rings (SSSR count). The molecule has 0 saturated carbocycles. The van der Waals surface area contributed by atoms with E-state index in [2.05, 4.69) is 0 Å². The van der Waals surface area contributed by atoms with E-state index in [1.54, 1.807) is 12.1 Å². The van der Waals surface area contributed by atoms with Crippen LogP contribution in [0.15, 0.2) is 18.2 Å². The highest BCUT2D eigenvalue weighted by Crippen LogP contribution is 2.17. The minimum absolute atomic E-state index is 0.0966. The molecule has 0 fully saturated rings. The second kappa shape index (κ2) is 3.71. The van der Waals surface area contributed by atoms with Gasteiger partial charge in [0.2, 0.25) is 0 Å². The van der Waals surface area contributed by atoms with Crippen LogP contribution in [-0.4, -0.2) is 17.3 Å². The van der Waals surface area contributed by atoms with Gasteiger partial charge in [-0.25, -0.2) is 4.79 Å². The highest BCUT2D eigenvalue weighted by Gasteiger charge is 2.09. The molecule has 0 radical (unpaired) electrons. The topological polar surface area (TPSA) is 87.2 Å². The van der Waals surface area contributed by atoms with Crippen LogP contribution in [0.25, 0.3) is 0 Å². The van der Waals surface area contributed by atoms with E-state index in [4.69, 9.17) is 16.2 Å². The number of para-hydroxylation sites is 1. The molecular weight excluding hydrogens is 168 g/mol. The summed E-state index contributed by atoms with van der Waals surface area (Å²) in [7, 11) is 0. The van der Waals surface area contributed by atoms with Crippen molar-refractivity contribution in [3.63, 3.8) is 0 Å². The molecule has 0 amide bonds. The Labute approximate surface area is 75.5 Å². The van der Waals surface area contributed by atoms with Gasteiger partial charge in [-0.15, -0.1) is 0 Å². The van der Waals surface area contributed by atoms with Crippen LogP contribution in [0, 0.1) is 5.41 Å². The van der Waals surface area contributed by atoms with Crippen LogP contribution in [0.3, 0.4) is 0 Å². The minimum Gasteiger partial charge on any atom is -0.478 e. The summed E-state index contributed by atoms with van der Waals surface area (Å²) < 4.78 is 0. The van der Waals surface area contributed by atoms with Crippen LogP contribution >= 0.6 is 0 Å². The third-order valence-electron chi connectivity index (χ3n) is 1.75. The van der Waals surface area contributed by atoms with Crippen LogP contribution in [0.1, 0.15) is 15.9 Å². The van der Waals surface area contributed by atoms with Gasteiger partial charge in [0.05, 0.1) is 5.56 Å². The van der Waals surface area contributed by atoms with Gasteiger partial charge in [-0.1, -0.05) is 12.1 Å². The van der Waals surface area contributed by atoms with Gasteiger partial charge in [-0.3, -0.25) is 0 Å². The van der Waals surface area contributed by atoms with Gasteiger partial charge in [0, 0.05) is 12.1 Å². The lowest BCUT2D eigenvalue weighted by atomic mass is 10.1. The monoisotopic (exact) mass is 178 g/mol. The number of anilines is 1. The van der Waals surface area contributed by atoms with Crippen molar-refractivity contribution in [1.82, 2.24) is 0 Å². The summed E-state index contributed by atoms with van der Waals surface area (Å²) in [5, 5.41) is 15.6. The van der Waals surface area contributed by atoms with Crippen molar-refractivity contribution in [2.24, 2.45) is 0 Å². The average molecular weight is 178 g/mol. The van der Waals surface area contributed by atoms with E-state index in [0.717, 1.165) is 0 Å². The summed E-state index contributed by atoms with van der Waals surface area (Å²) in [5.74, 6) is -1.04. The first-order valence-electron chi connectivity index (χ1n) is 3.76. The van der Waals surface area contributed by atoms with E-state index in [1.165, 1.54) is 12.3 Å². The molecule has 0 unspecified atom stereocenters. The number of nitrogens with two attached hydrogens (primary N) is 1. The van der Waals surface area contributed by atoms with E-state index in [0.29, 0.717) is 12.0 Å². The lowest BCUT2D eigenvalue weighted by molar-refractivity contribution is 0.0698. The molecule has 0 heterocycles. The second-order valence-electron chi connectivity index (χ2n) is 2.59. The van der Waals surface area contributed by atoms with E-state index >= 15 is 0 Å². The number of hydrogen-bond acceptors (Lipinski definition) is 3. The maximum Gasteiger partial charge on any atom is 0.337 e. The summed E-state index contributed by atoms with van der Waals surface area (Å²) in [4.78, 5) is 10.6. The largest absolute Gasteiger partial charge is 0.478 e. The molecule has 4 heteroatoms. The lowest BCUT2D eigenvalue weighted by Gasteiger charge is -2.04. The summed E-state index contributed by atoms with van der Waals surface area (Å²) in [6.45, 7) is 0. The number of hydrogen-bond donors (Lipinski definition) is 3. The molecule has 0 aliphatic heterocycles. The third kappa shape index (κ3) is 1.84. The fraction of sp³-hybridized carbons (Fsp3) is 0.111. The molecular formula is C9H10N2O2. The SMILES string of the molecule is N=CCc1cccc(C(=O)O)c1N. The Balaban J connectivity index is 3.17. The number of carboxylic acid groups (broad SMARTS) is 1. The van der Waals surface area contributed by atoms with Crippen molar-refractivity contribution >= 4 is 17.9 Å². The number of aromatic carboxylic acids is 1. The van der Waals surface area contributed by atoms with Gasteiger partial charge in [0.1, 0.15) is 0 Å². The molecule has 68 valence electrons. The number of carboxylic acids is 1. The standard InChI is InChI=1S/C9H10N2O2/c10-5-4-6-2-1-3-7(8(6)11)9(12)13/h1-3,5,10H,4,11H2,(H,12,13). The Morgan fingerprint density at radius 3 is 2.85 bits per heavy atom. The lowest BCUT2D eigenvalue weighted by Crippen LogP contribution is -2.05. The van der Waals surface area contributed by atoms with Gasteiger partial charge in [0.15, 0.2) is 0 Å². The Morgan fingerprint density at radius 1 is 1.62 bits per heavy atom. The van der Waals surface area contributed by atoms with Crippen molar-refractivity contribution in [1.29, 1.82) is 5.41 Å². The summed E-state index contributed by atoms with van der Waals surface area (Å²) in [5.41, 5.74) is 6.61. The van der Waals surface area contributed by atoms with Crippen LogP contribution in [-0.2, 0) is 6.42 Å². The van der Waals surface area contributed by atoms with Crippen molar-refractivity contribution in [2.45, 2.75) is 6.42 Å². The third-order valence-corrected chi connectivity index (χ3v) is 1.75. The maximum absolute atomic E-state index is 10.6. The molecule has 0 aliphatic carbocycles. The maximum atomic E-state index is 10.6. The number of rotatable bonds is 3. The van der Waals surface area contributed by atoms with Crippen molar-refractivity contribution in [2.75, 3.05) is 5.73 Å². The molecule has 0 aliphatic rings.